The maximum atomic E-state index is 12.9. The average Bonchev–Trinajstić information content (AvgIpc) is 3.44. The molecule has 0 radical (unpaired) electrons. The maximum Gasteiger partial charge on any atom is 0.231 e. The summed E-state index contributed by atoms with van der Waals surface area (Å²) in [5.74, 6) is 1.56. The first-order chi connectivity index (χ1) is 12.1. The molecule has 1 fully saturated rings. The molecule has 25 heavy (non-hydrogen) atoms. The number of hydrogen-bond acceptors (Lipinski definition) is 3. The number of hydrogen-bond donors (Lipinski definition) is 1. The summed E-state index contributed by atoms with van der Waals surface area (Å²) in [6.07, 6.45) is 1.80. The van der Waals surface area contributed by atoms with E-state index in [-0.39, 0.29) is 17.4 Å². The van der Waals surface area contributed by atoms with Crippen LogP contribution in [0.3, 0.4) is 0 Å². The molecule has 1 amide bonds. The van der Waals surface area contributed by atoms with Gasteiger partial charge >= 0.3 is 0 Å². The van der Waals surface area contributed by atoms with Gasteiger partial charge in [-0.3, -0.25) is 4.79 Å². The summed E-state index contributed by atoms with van der Waals surface area (Å²) in [6.45, 7) is 3.10. The molecule has 0 bridgehead atoms. The lowest BCUT2D eigenvalue weighted by molar-refractivity contribution is -0.124. The molecule has 1 saturated carbocycles. The Bertz CT molecular complexity index is 802. The van der Waals surface area contributed by atoms with E-state index in [4.69, 9.17) is 9.47 Å². The van der Waals surface area contributed by atoms with Crippen molar-refractivity contribution in [1.29, 1.82) is 0 Å². The van der Waals surface area contributed by atoms with Crippen LogP contribution in [0.1, 0.15) is 36.9 Å². The normalized spacial score (nSPS) is 18.3. The van der Waals surface area contributed by atoms with Crippen molar-refractivity contribution in [2.24, 2.45) is 0 Å². The number of nitrogens with one attached hydrogen (secondary N) is 1. The molecule has 0 spiro atoms. The highest BCUT2D eigenvalue weighted by atomic mass is 79.9. The van der Waals surface area contributed by atoms with Gasteiger partial charge in [-0.2, -0.15) is 0 Å². The van der Waals surface area contributed by atoms with E-state index in [9.17, 15) is 4.79 Å². The number of benzene rings is 2. The van der Waals surface area contributed by atoms with E-state index in [2.05, 4.69) is 21.2 Å². The van der Waals surface area contributed by atoms with Gasteiger partial charge in [0, 0.05) is 4.47 Å². The van der Waals surface area contributed by atoms with Gasteiger partial charge in [0.2, 0.25) is 5.91 Å². The van der Waals surface area contributed by atoms with E-state index < -0.39 is 0 Å². The molecule has 2 aliphatic rings. The first kappa shape index (κ1) is 16.5. The molecule has 5 heteroatoms. The highest BCUT2D eigenvalue weighted by Crippen LogP contribution is 2.49. The predicted molar refractivity (Wildman–Crippen MR) is 99.0 cm³/mol. The molecule has 0 saturated heterocycles. The molecule has 1 heterocycles. The summed E-state index contributed by atoms with van der Waals surface area (Å²) >= 11 is 3.59. The van der Waals surface area contributed by atoms with Gasteiger partial charge in [0.15, 0.2) is 11.5 Å². The minimum atomic E-state index is -0.365. The zero-order valence-electron chi connectivity index (χ0n) is 14.0. The van der Waals surface area contributed by atoms with Crippen LogP contribution in [-0.4, -0.2) is 19.1 Å². The Morgan fingerprint density at radius 3 is 2.40 bits per heavy atom. The first-order valence-electron chi connectivity index (χ1n) is 8.56. The molecule has 4 rings (SSSR count). The van der Waals surface area contributed by atoms with Crippen molar-refractivity contribution in [2.45, 2.75) is 31.2 Å². The first-order valence-corrected chi connectivity index (χ1v) is 9.35. The van der Waals surface area contributed by atoms with E-state index in [0.717, 1.165) is 39.9 Å². The van der Waals surface area contributed by atoms with Crippen LogP contribution in [0.4, 0.5) is 0 Å². The van der Waals surface area contributed by atoms with E-state index in [0.29, 0.717) is 13.2 Å². The Hall–Kier alpha value is -2.01. The Balaban J connectivity index is 1.54. The van der Waals surface area contributed by atoms with E-state index in [1.165, 1.54) is 0 Å². The van der Waals surface area contributed by atoms with Crippen LogP contribution in [0.5, 0.6) is 11.5 Å². The van der Waals surface area contributed by atoms with Gasteiger partial charge < -0.3 is 14.8 Å². The van der Waals surface area contributed by atoms with Crippen LogP contribution in [0.25, 0.3) is 0 Å². The largest absolute Gasteiger partial charge is 0.486 e. The van der Waals surface area contributed by atoms with Crippen molar-refractivity contribution in [3.63, 3.8) is 0 Å². The lowest BCUT2D eigenvalue weighted by atomic mass is 9.94. The molecular weight excluding hydrogens is 382 g/mol. The summed E-state index contributed by atoms with van der Waals surface area (Å²) in [5, 5.41) is 3.18. The molecule has 1 unspecified atom stereocenters. The van der Waals surface area contributed by atoms with Crippen molar-refractivity contribution < 1.29 is 14.3 Å². The zero-order valence-corrected chi connectivity index (χ0v) is 15.6. The average molecular weight is 402 g/mol. The van der Waals surface area contributed by atoms with E-state index >= 15 is 0 Å². The Morgan fingerprint density at radius 1 is 1.12 bits per heavy atom. The molecule has 0 aromatic heterocycles. The minimum Gasteiger partial charge on any atom is -0.486 e. The number of amides is 1. The molecule has 1 N–H and O–H groups in total. The fourth-order valence-electron chi connectivity index (χ4n) is 3.35. The molecule has 2 aromatic carbocycles. The Kier molecular flexibility index (Phi) is 4.20. The molecule has 130 valence electrons. The van der Waals surface area contributed by atoms with Crippen LogP contribution >= 0.6 is 15.9 Å². The van der Waals surface area contributed by atoms with Crippen LogP contribution in [0.15, 0.2) is 46.9 Å². The lowest BCUT2D eigenvalue weighted by Crippen LogP contribution is -2.36. The van der Waals surface area contributed by atoms with Gasteiger partial charge in [-0.1, -0.05) is 46.3 Å². The van der Waals surface area contributed by atoms with Crippen LogP contribution in [-0.2, 0) is 10.2 Å². The van der Waals surface area contributed by atoms with E-state index in [1.807, 2.05) is 49.4 Å². The molecule has 1 aliphatic carbocycles. The lowest BCUT2D eigenvalue weighted by Gasteiger charge is -2.24. The fourth-order valence-corrected chi connectivity index (χ4v) is 4.02. The van der Waals surface area contributed by atoms with Gasteiger partial charge in [-0.15, -0.1) is 0 Å². The van der Waals surface area contributed by atoms with Crippen LogP contribution in [0.2, 0.25) is 0 Å². The monoisotopic (exact) mass is 401 g/mol. The number of carbonyl (C=O) groups excluding carboxylic acids is 1. The molecule has 1 aliphatic heterocycles. The molecule has 1 atom stereocenters. The topological polar surface area (TPSA) is 47.6 Å². The number of halogens is 1. The quantitative estimate of drug-likeness (QED) is 0.837. The fraction of sp³-hybridized carbons (Fsp3) is 0.350. The zero-order chi connectivity index (χ0) is 17.4. The highest BCUT2D eigenvalue weighted by Gasteiger charge is 2.51. The van der Waals surface area contributed by atoms with Crippen molar-refractivity contribution in [1.82, 2.24) is 5.32 Å². The second kappa shape index (κ2) is 6.37. The number of rotatable bonds is 4. The highest BCUT2D eigenvalue weighted by molar-refractivity contribution is 9.10. The van der Waals surface area contributed by atoms with Gasteiger partial charge in [0.25, 0.3) is 0 Å². The van der Waals surface area contributed by atoms with E-state index in [1.54, 1.807) is 0 Å². The third kappa shape index (κ3) is 3.01. The number of ether oxygens (including phenoxy) is 2. The summed E-state index contributed by atoms with van der Waals surface area (Å²) in [7, 11) is 0. The maximum absolute atomic E-state index is 12.9. The van der Waals surface area contributed by atoms with Gasteiger partial charge in [-0.25, -0.2) is 0 Å². The minimum absolute atomic E-state index is 0.0907. The molecular formula is C20H20BrNO3. The van der Waals surface area contributed by atoms with Crippen LogP contribution < -0.4 is 14.8 Å². The van der Waals surface area contributed by atoms with Crippen LogP contribution in [0, 0.1) is 0 Å². The predicted octanol–water partition coefficient (Wildman–Crippen LogP) is 4.13. The standard InChI is InChI=1S/C20H20BrNO3/c1-13(15-11-17-18(12-16(15)21)25-10-9-24-17)22-19(23)20(7-8-20)14-5-3-2-4-6-14/h2-6,11-13H,7-10H2,1H3,(H,22,23). The SMILES string of the molecule is CC(NC(=O)C1(c2ccccc2)CC1)c1cc2c(cc1Br)OCCO2. The number of fused-ring (bicyclic) bond motifs is 1. The molecule has 4 nitrogen and oxygen atoms in total. The van der Waals surface area contributed by atoms with Gasteiger partial charge in [-0.05, 0) is 43.0 Å². The summed E-state index contributed by atoms with van der Waals surface area (Å²) in [5.41, 5.74) is 1.72. The van der Waals surface area contributed by atoms with Crippen molar-refractivity contribution in [3.8, 4) is 11.5 Å². The van der Waals surface area contributed by atoms with Gasteiger partial charge in [0.1, 0.15) is 13.2 Å². The Morgan fingerprint density at radius 2 is 1.76 bits per heavy atom. The third-order valence-corrected chi connectivity index (χ3v) is 5.67. The third-order valence-electron chi connectivity index (χ3n) is 4.99. The number of carbonyl (C=O) groups is 1. The van der Waals surface area contributed by atoms with Crippen molar-refractivity contribution in [2.75, 3.05) is 13.2 Å². The Labute approximate surface area is 155 Å². The second-order valence-corrected chi connectivity index (χ2v) is 7.51. The summed E-state index contributed by atoms with van der Waals surface area (Å²) in [6, 6.07) is 13.8. The second-order valence-electron chi connectivity index (χ2n) is 6.66. The summed E-state index contributed by atoms with van der Waals surface area (Å²) < 4.78 is 12.2. The van der Waals surface area contributed by atoms with Crippen molar-refractivity contribution >= 4 is 21.8 Å². The van der Waals surface area contributed by atoms with Gasteiger partial charge in [0.05, 0.1) is 11.5 Å². The van der Waals surface area contributed by atoms with Crippen molar-refractivity contribution in [3.05, 3.63) is 58.1 Å². The summed E-state index contributed by atoms with van der Waals surface area (Å²) in [4.78, 5) is 12.9. The molecule has 2 aromatic rings. The smallest absolute Gasteiger partial charge is 0.231 e.